The van der Waals surface area contributed by atoms with Gasteiger partial charge in [0.25, 0.3) is 0 Å². The highest BCUT2D eigenvalue weighted by atomic mass is 16.6. The highest BCUT2D eigenvalue weighted by Crippen LogP contribution is 2.20. The topological polar surface area (TPSA) is 102 Å². The molecule has 1 aliphatic heterocycles. The van der Waals surface area contributed by atoms with Crippen molar-refractivity contribution in [1.82, 2.24) is 5.32 Å². The first-order valence-electron chi connectivity index (χ1n) is 6.46. The van der Waals surface area contributed by atoms with Crippen LogP contribution in [0.1, 0.15) is 20.3 Å². The van der Waals surface area contributed by atoms with E-state index in [0.29, 0.717) is 12.5 Å². The first-order valence-corrected chi connectivity index (χ1v) is 6.46. The molecule has 6 heteroatoms. The smallest absolute Gasteiger partial charge is 0.111 e. The summed E-state index contributed by atoms with van der Waals surface area (Å²) in [5.74, 6) is 0.458. The maximum absolute atomic E-state index is 9.74. The van der Waals surface area contributed by atoms with Crippen molar-refractivity contribution in [1.29, 1.82) is 0 Å². The van der Waals surface area contributed by atoms with Crippen LogP contribution in [0.4, 0.5) is 0 Å². The van der Waals surface area contributed by atoms with Crippen LogP contribution in [0, 0.1) is 5.92 Å². The van der Waals surface area contributed by atoms with Crippen molar-refractivity contribution >= 4 is 0 Å². The first kappa shape index (κ1) is 15.8. The second-order valence-corrected chi connectivity index (χ2v) is 5.29. The number of hydrogen-bond acceptors (Lipinski definition) is 6. The molecule has 0 saturated carbocycles. The van der Waals surface area contributed by atoms with Crippen molar-refractivity contribution in [3.63, 3.8) is 0 Å². The average molecular weight is 263 g/mol. The SMILES string of the molecule is CC(C)C[C@H](CO)NC[C@H]1O[C@H](CO)[C@@H](O)[C@@H]1O. The maximum atomic E-state index is 9.74. The largest absolute Gasteiger partial charge is 0.395 e. The molecular weight excluding hydrogens is 238 g/mol. The van der Waals surface area contributed by atoms with E-state index in [2.05, 4.69) is 19.2 Å². The standard InChI is InChI=1S/C12H25NO5/c1-7(2)3-8(5-14)13-4-9-11(16)12(17)10(6-15)18-9/h7-17H,3-6H2,1-2H3/t8-,9-,10-,11-,12-/m1/s1. The van der Waals surface area contributed by atoms with Crippen molar-refractivity contribution in [3.05, 3.63) is 0 Å². The highest BCUT2D eigenvalue weighted by Gasteiger charge is 2.42. The van der Waals surface area contributed by atoms with Gasteiger partial charge >= 0.3 is 0 Å². The Labute approximate surface area is 108 Å². The molecule has 5 atom stereocenters. The van der Waals surface area contributed by atoms with E-state index in [1.807, 2.05) is 0 Å². The van der Waals surface area contributed by atoms with Crippen LogP contribution < -0.4 is 5.32 Å². The molecule has 18 heavy (non-hydrogen) atoms. The molecule has 108 valence electrons. The van der Waals surface area contributed by atoms with Gasteiger partial charge in [-0.15, -0.1) is 0 Å². The Hall–Kier alpha value is -0.240. The van der Waals surface area contributed by atoms with Gasteiger partial charge in [-0.1, -0.05) is 13.8 Å². The zero-order chi connectivity index (χ0) is 13.7. The third-order valence-electron chi connectivity index (χ3n) is 3.23. The van der Waals surface area contributed by atoms with Crippen LogP contribution in [-0.4, -0.2) is 70.6 Å². The fraction of sp³-hybridized carbons (Fsp3) is 1.00. The Kier molecular flexibility index (Phi) is 6.48. The van der Waals surface area contributed by atoms with Crippen molar-refractivity contribution in [3.8, 4) is 0 Å². The van der Waals surface area contributed by atoms with E-state index in [9.17, 15) is 15.3 Å². The lowest BCUT2D eigenvalue weighted by molar-refractivity contribution is -0.0224. The van der Waals surface area contributed by atoms with Gasteiger partial charge in [0, 0.05) is 12.6 Å². The molecular formula is C12H25NO5. The van der Waals surface area contributed by atoms with Crippen LogP contribution in [0.3, 0.4) is 0 Å². The van der Waals surface area contributed by atoms with Gasteiger partial charge in [0.2, 0.25) is 0 Å². The van der Waals surface area contributed by atoms with Crippen molar-refractivity contribution < 1.29 is 25.2 Å². The molecule has 0 unspecified atom stereocenters. The van der Waals surface area contributed by atoms with Gasteiger partial charge in [0.05, 0.1) is 19.3 Å². The van der Waals surface area contributed by atoms with Gasteiger partial charge in [-0.2, -0.15) is 0 Å². The van der Waals surface area contributed by atoms with E-state index in [1.54, 1.807) is 0 Å². The second-order valence-electron chi connectivity index (χ2n) is 5.29. The minimum atomic E-state index is -1.06. The zero-order valence-corrected chi connectivity index (χ0v) is 11.0. The van der Waals surface area contributed by atoms with Gasteiger partial charge in [-0.25, -0.2) is 0 Å². The van der Waals surface area contributed by atoms with E-state index in [4.69, 9.17) is 9.84 Å². The maximum Gasteiger partial charge on any atom is 0.111 e. The molecule has 1 saturated heterocycles. The van der Waals surface area contributed by atoms with Gasteiger partial charge in [0.1, 0.15) is 18.3 Å². The molecule has 0 aromatic heterocycles. The molecule has 0 radical (unpaired) electrons. The van der Waals surface area contributed by atoms with Crippen LogP contribution in [0.15, 0.2) is 0 Å². The summed E-state index contributed by atoms with van der Waals surface area (Å²) in [7, 11) is 0. The third kappa shape index (κ3) is 4.15. The van der Waals surface area contributed by atoms with E-state index in [0.717, 1.165) is 6.42 Å². The van der Waals surface area contributed by atoms with Gasteiger partial charge in [-0.3, -0.25) is 0 Å². The number of ether oxygens (including phenoxy) is 1. The number of hydrogen-bond donors (Lipinski definition) is 5. The summed E-state index contributed by atoms with van der Waals surface area (Å²) in [5.41, 5.74) is 0. The fourth-order valence-electron chi connectivity index (χ4n) is 2.22. The predicted octanol–water partition coefficient (Wildman–Crippen LogP) is -1.54. The Bertz CT molecular complexity index is 239. The predicted molar refractivity (Wildman–Crippen MR) is 66.1 cm³/mol. The minimum Gasteiger partial charge on any atom is -0.395 e. The van der Waals surface area contributed by atoms with Gasteiger partial charge in [0.15, 0.2) is 0 Å². The second kappa shape index (κ2) is 7.37. The Morgan fingerprint density at radius 1 is 1.11 bits per heavy atom. The molecule has 1 fully saturated rings. The Balaban J connectivity index is 2.38. The Morgan fingerprint density at radius 2 is 1.72 bits per heavy atom. The van der Waals surface area contributed by atoms with E-state index < -0.39 is 24.4 Å². The van der Waals surface area contributed by atoms with E-state index in [1.165, 1.54) is 0 Å². The number of aliphatic hydroxyl groups is 4. The monoisotopic (exact) mass is 263 g/mol. The summed E-state index contributed by atoms with van der Waals surface area (Å²) in [4.78, 5) is 0. The van der Waals surface area contributed by atoms with E-state index >= 15 is 0 Å². The summed E-state index contributed by atoms with van der Waals surface area (Å²) < 4.78 is 5.34. The quantitative estimate of drug-likeness (QED) is 0.382. The summed E-state index contributed by atoms with van der Waals surface area (Å²) in [6, 6.07) is -0.0499. The van der Waals surface area contributed by atoms with Crippen LogP contribution in [-0.2, 0) is 4.74 Å². The molecule has 0 aromatic carbocycles. The van der Waals surface area contributed by atoms with Crippen molar-refractivity contribution in [2.75, 3.05) is 19.8 Å². The zero-order valence-electron chi connectivity index (χ0n) is 11.0. The Morgan fingerprint density at radius 3 is 2.17 bits per heavy atom. The molecule has 0 aromatic rings. The summed E-state index contributed by atoms with van der Waals surface area (Å²) >= 11 is 0. The molecule has 0 amide bonds. The lowest BCUT2D eigenvalue weighted by Gasteiger charge is -2.22. The third-order valence-corrected chi connectivity index (χ3v) is 3.23. The first-order chi connectivity index (χ1) is 8.49. The summed E-state index contributed by atoms with van der Waals surface area (Å²) in [6.45, 7) is 4.18. The normalized spacial score (nSPS) is 34.2. The molecule has 0 aliphatic carbocycles. The van der Waals surface area contributed by atoms with Gasteiger partial charge in [-0.05, 0) is 12.3 Å². The van der Waals surface area contributed by atoms with Gasteiger partial charge < -0.3 is 30.5 Å². The summed E-state index contributed by atoms with van der Waals surface area (Å²) in [6.07, 6.45) is -2.53. The van der Waals surface area contributed by atoms with Crippen molar-refractivity contribution in [2.24, 2.45) is 5.92 Å². The molecule has 1 heterocycles. The van der Waals surface area contributed by atoms with E-state index in [-0.39, 0.29) is 19.3 Å². The highest BCUT2D eigenvalue weighted by molar-refractivity contribution is 4.91. The van der Waals surface area contributed by atoms with Crippen molar-refractivity contribution in [2.45, 2.75) is 50.7 Å². The lowest BCUT2D eigenvalue weighted by Crippen LogP contribution is -2.43. The number of aliphatic hydroxyl groups excluding tert-OH is 4. The number of nitrogens with one attached hydrogen (secondary N) is 1. The lowest BCUT2D eigenvalue weighted by atomic mass is 10.0. The van der Waals surface area contributed by atoms with Crippen LogP contribution in [0.2, 0.25) is 0 Å². The molecule has 6 nitrogen and oxygen atoms in total. The molecule has 5 N–H and O–H groups in total. The average Bonchev–Trinajstić information content (AvgIpc) is 2.61. The molecule has 0 spiro atoms. The van der Waals surface area contributed by atoms with Crippen LogP contribution in [0.25, 0.3) is 0 Å². The van der Waals surface area contributed by atoms with Crippen LogP contribution in [0.5, 0.6) is 0 Å². The molecule has 1 aliphatic rings. The molecule has 1 rings (SSSR count). The summed E-state index contributed by atoms with van der Waals surface area (Å²) in [5, 5.41) is 40.6. The van der Waals surface area contributed by atoms with Crippen LogP contribution >= 0.6 is 0 Å². The minimum absolute atomic E-state index is 0.0208. The molecule has 0 bridgehead atoms. The fourth-order valence-corrected chi connectivity index (χ4v) is 2.22. The number of rotatable bonds is 7.